The number of esters is 1. The largest absolute Gasteiger partial charge is 0.455 e. The van der Waals surface area contributed by atoms with Crippen LogP contribution in [0.3, 0.4) is 0 Å². The van der Waals surface area contributed by atoms with Gasteiger partial charge >= 0.3 is 5.97 Å². The van der Waals surface area contributed by atoms with Crippen LogP contribution in [0.1, 0.15) is 35.6 Å². The van der Waals surface area contributed by atoms with E-state index in [1.165, 1.54) is 12.0 Å². The molecule has 2 fully saturated rings. The van der Waals surface area contributed by atoms with Crippen LogP contribution in [0.4, 0.5) is 5.69 Å². The van der Waals surface area contributed by atoms with Gasteiger partial charge in [0.2, 0.25) is 11.8 Å². The van der Waals surface area contributed by atoms with Crippen LogP contribution in [-0.4, -0.2) is 90.9 Å². The molecule has 2 aromatic rings. The molecule has 6 rings (SSSR count). The standard InChI is InChI=1S/C36H41N3O8/c1-22-11-9-12-23(2)30(22)38-18-10-17-36-29(33(42)39(19-20-40)32(36)34(38)43)28-26(47-36)15-7-8-16-27(41)37-25(21-45-3)31(46-35(28)44)24-13-5-4-6-14-24/h4-7,9-15,17,25-26,28-29,31-32,40H,8,16,18-21H2,1-3H3,(H,37,41)/b15-7-/t25-,26-,28+,29+,31-,32-,36+/m1/s1. The van der Waals surface area contributed by atoms with Crippen molar-refractivity contribution in [1.29, 1.82) is 0 Å². The van der Waals surface area contributed by atoms with Crippen molar-refractivity contribution in [3.8, 4) is 0 Å². The molecular formula is C36H41N3O8. The van der Waals surface area contributed by atoms with Crippen LogP contribution in [0.2, 0.25) is 0 Å². The topological polar surface area (TPSA) is 135 Å². The Balaban J connectivity index is 1.45. The minimum atomic E-state index is -1.50. The highest BCUT2D eigenvalue weighted by molar-refractivity contribution is 6.06. The van der Waals surface area contributed by atoms with Crippen LogP contribution in [0.5, 0.6) is 0 Å². The van der Waals surface area contributed by atoms with Crippen LogP contribution in [0.25, 0.3) is 0 Å². The molecule has 0 bridgehead atoms. The van der Waals surface area contributed by atoms with E-state index in [4.69, 9.17) is 14.2 Å². The van der Waals surface area contributed by atoms with Crippen LogP contribution in [0.15, 0.2) is 72.8 Å². The van der Waals surface area contributed by atoms with Crippen molar-refractivity contribution in [3.63, 3.8) is 0 Å². The van der Waals surface area contributed by atoms with Crippen molar-refractivity contribution in [2.75, 3.05) is 38.3 Å². The van der Waals surface area contributed by atoms with Gasteiger partial charge in [-0.1, -0.05) is 72.8 Å². The number of para-hydroxylation sites is 1. The first-order valence-electron chi connectivity index (χ1n) is 16.1. The van der Waals surface area contributed by atoms with E-state index < -0.39 is 53.6 Å². The van der Waals surface area contributed by atoms with Gasteiger partial charge in [-0.25, -0.2) is 0 Å². The number of hydrogen-bond acceptors (Lipinski definition) is 8. The Morgan fingerprint density at radius 3 is 2.45 bits per heavy atom. The quantitative estimate of drug-likeness (QED) is 0.363. The number of amides is 3. The van der Waals surface area contributed by atoms with Gasteiger partial charge in [0.15, 0.2) is 0 Å². The lowest BCUT2D eigenvalue weighted by molar-refractivity contribution is -0.162. The number of aryl methyl sites for hydroxylation is 2. The summed E-state index contributed by atoms with van der Waals surface area (Å²) in [7, 11) is 1.50. The van der Waals surface area contributed by atoms with Crippen molar-refractivity contribution in [2.45, 2.75) is 56.6 Å². The van der Waals surface area contributed by atoms with Crippen LogP contribution in [-0.2, 0) is 33.4 Å². The maximum absolute atomic E-state index is 14.6. The number of fused-ring (bicyclic) bond motifs is 2. The minimum absolute atomic E-state index is 0.0725. The number of ether oxygens (including phenoxy) is 3. The number of anilines is 1. The second-order valence-corrected chi connectivity index (χ2v) is 12.6. The summed E-state index contributed by atoms with van der Waals surface area (Å²) in [6.45, 7) is 3.68. The fraction of sp³-hybridized carbons (Fsp3) is 0.444. The lowest BCUT2D eigenvalue weighted by Gasteiger charge is -2.35. The summed E-state index contributed by atoms with van der Waals surface area (Å²) in [5.41, 5.74) is 1.69. The Kier molecular flexibility index (Phi) is 9.32. The zero-order chi connectivity index (χ0) is 33.3. The molecule has 2 saturated heterocycles. The summed E-state index contributed by atoms with van der Waals surface area (Å²) in [6, 6.07) is 13.0. The maximum Gasteiger partial charge on any atom is 0.313 e. The van der Waals surface area contributed by atoms with E-state index in [0.29, 0.717) is 12.0 Å². The van der Waals surface area contributed by atoms with Crippen molar-refractivity contribution < 1.29 is 38.5 Å². The molecule has 1 spiro atoms. The molecule has 3 amide bonds. The Bertz CT molecular complexity index is 1570. The molecule has 0 unspecified atom stereocenters. The van der Waals surface area contributed by atoms with Crippen molar-refractivity contribution in [3.05, 3.63) is 89.5 Å². The number of allylic oxidation sites excluding steroid dienone is 1. The van der Waals surface area contributed by atoms with Crippen LogP contribution in [0, 0.1) is 25.7 Å². The van der Waals surface area contributed by atoms with Gasteiger partial charge in [-0.2, -0.15) is 0 Å². The summed E-state index contributed by atoms with van der Waals surface area (Å²) in [5, 5.41) is 13.0. The molecule has 11 heteroatoms. The van der Waals surface area contributed by atoms with Crippen molar-refractivity contribution in [1.82, 2.24) is 10.2 Å². The number of cyclic esters (lactones) is 1. The predicted octanol–water partition coefficient (Wildman–Crippen LogP) is 2.55. The van der Waals surface area contributed by atoms with Gasteiger partial charge in [0.25, 0.3) is 5.91 Å². The molecule has 7 atom stereocenters. The number of likely N-dealkylation sites (tertiary alicyclic amines) is 1. The Labute approximate surface area is 274 Å². The van der Waals surface area contributed by atoms with E-state index in [0.717, 1.165) is 16.8 Å². The van der Waals surface area contributed by atoms with Crippen LogP contribution >= 0.6 is 0 Å². The van der Waals surface area contributed by atoms with E-state index in [1.54, 1.807) is 35.3 Å². The molecule has 4 heterocycles. The first-order valence-corrected chi connectivity index (χ1v) is 16.1. The van der Waals surface area contributed by atoms with Crippen LogP contribution < -0.4 is 10.2 Å². The number of aliphatic hydroxyl groups excluding tert-OH is 1. The molecule has 2 aromatic carbocycles. The van der Waals surface area contributed by atoms with E-state index in [2.05, 4.69) is 5.32 Å². The number of methoxy groups -OCH3 is 1. The van der Waals surface area contributed by atoms with Gasteiger partial charge in [-0.05, 0) is 37.0 Å². The third-order valence-corrected chi connectivity index (χ3v) is 9.61. The first kappa shape index (κ1) is 32.6. The second kappa shape index (κ2) is 13.4. The number of benzene rings is 2. The molecule has 47 heavy (non-hydrogen) atoms. The fourth-order valence-corrected chi connectivity index (χ4v) is 7.67. The molecule has 4 aliphatic rings. The summed E-state index contributed by atoms with van der Waals surface area (Å²) in [4.78, 5) is 59.5. The zero-order valence-corrected chi connectivity index (χ0v) is 26.8. The molecule has 2 N–H and O–H groups in total. The highest BCUT2D eigenvalue weighted by Gasteiger charge is 2.72. The molecule has 4 aliphatic heterocycles. The maximum atomic E-state index is 14.6. The van der Waals surface area contributed by atoms with Gasteiger partial charge in [0.05, 0.1) is 31.3 Å². The summed E-state index contributed by atoms with van der Waals surface area (Å²) in [5.74, 6) is -3.96. The second-order valence-electron chi connectivity index (χ2n) is 12.6. The zero-order valence-electron chi connectivity index (χ0n) is 26.8. The molecule has 248 valence electrons. The lowest BCUT2D eigenvalue weighted by Crippen LogP contribution is -2.56. The number of β-amino-alcohol motifs (C(OH)–C–C–N with tert-alkyl or cyclic N) is 1. The number of hydrogen-bond donors (Lipinski definition) is 2. The summed E-state index contributed by atoms with van der Waals surface area (Å²) < 4.78 is 18.4. The number of carbonyl (C=O) groups excluding carboxylic acids is 4. The number of nitrogens with one attached hydrogen (secondary N) is 1. The average Bonchev–Trinajstić information content (AvgIpc) is 3.43. The van der Waals surface area contributed by atoms with Gasteiger partial charge < -0.3 is 34.4 Å². The summed E-state index contributed by atoms with van der Waals surface area (Å²) >= 11 is 0. The number of aliphatic hydroxyl groups is 1. The average molecular weight is 644 g/mol. The third kappa shape index (κ3) is 5.77. The van der Waals surface area contributed by atoms with Crippen molar-refractivity contribution in [2.24, 2.45) is 11.8 Å². The smallest absolute Gasteiger partial charge is 0.313 e. The molecule has 0 radical (unpaired) electrons. The van der Waals surface area contributed by atoms with E-state index in [-0.39, 0.29) is 44.5 Å². The fourth-order valence-electron chi connectivity index (χ4n) is 7.67. The Morgan fingerprint density at radius 1 is 1.00 bits per heavy atom. The predicted molar refractivity (Wildman–Crippen MR) is 172 cm³/mol. The van der Waals surface area contributed by atoms with E-state index in [1.807, 2.05) is 56.3 Å². The molecule has 0 aromatic heterocycles. The molecule has 0 saturated carbocycles. The first-order chi connectivity index (χ1) is 22.7. The highest BCUT2D eigenvalue weighted by Crippen LogP contribution is 2.53. The lowest BCUT2D eigenvalue weighted by atomic mass is 9.77. The van der Waals surface area contributed by atoms with E-state index in [9.17, 15) is 24.3 Å². The SMILES string of the molecule is COC[C@H]1NC(=O)CC/C=C\[C@H]2O[C@]34C=CCN(c5c(C)cccc5C)C(=O)[C@H]3N(CCO)C(=O)[C@@H]4[C@H]2C(=O)O[C@@H]1c1ccccc1. The monoisotopic (exact) mass is 643 g/mol. The summed E-state index contributed by atoms with van der Waals surface area (Å²) in [6.07, 6.45) is 5.73. The number of carbonyl (C=O) groups is 4. The Morgan fingerprint density at radius 2 is 1.74 bits per heavy atom. The highest BCUT2D eigenvalue weighted by atomic mass is 16.6. The van der Waals surface area contributed by atoms with Gasteiger partial charge in [-0.15, -0.1) is 0 Å². The number of rotatable bonds is 6. The van der Waals surface area contributed by atoms with Gasteiger partial charge in [0.1, 0.15) is 23.7 Å². The molecule has 11 nitrogen and oxygen atoms in total. The molecule has 0 aliphatic carbocycles. The minimum Gasteiger partial charge on any atom is -0.455 e. The van der Waals surface area contributed by atoms with Crippen molar-refractivity contribution >= 4 is 29.4 Å². The number of nitrogens with zero attached hydrogens (tertiary/aromatic N) is 2. The van der Waals surface area contributed by atoms with Gasteiger partial charge in [0, 0.05) is 32.3 Å². The van der Waals surface area contributed by atoms with Gasteiger partial charge in [-0.3, -0.25) is 19.2 Å². The Hall–Kier alpha value is -4.32. The normalized spacial score (nSPS) is 31.6. The molecular weight excluding hydrogens is 602 g/mol. The third-order valence-electron chi connectivity index (χ3n) is 9.61. The van der Waals surface area contributed by atoms with E-state index >= 15 is 0 Å².